The van der Waals surface area contributed by atoms with Gasteiger partial charge in [-0.2, -0.15) is 0 Å². The van der Waals surface area contributed by atoms with E-state index in [2.05, 4.69) is 11.4 Å². The molecule has 6 nitrogen and oxygen atoms in total. The first-order chi connectivity index (χ1) is 12.7. The number of hydrogen-bond acceptors (Lipinski definition) is 4. The number of carbonyl (C=O) groups excluding carboxylic acids is 1. The summed E-state index contributed by atoms with van der Waals surface area (Å²) in [6, 6.07) is 3.79. The number of amides is 2. The van der Waals surface area contributed by atoms with Crippen LogP contribution in [-0.4, -0.2) is 56.4 Å². The van der Waals surface area contributed by atoms with E-state index in [1.54, 1.807) is 7.11 Å². The Labute approximate surface area is 152 Å². The number of benzene rings is 1. The maximum atomic E-state index is 13.3. The third-order valence-corrected chi connectivity index (χ3v) is 5.41. The van der Waals surface area contributed by atoms with E-state index in [-0.39, 0.29) is 12.6 Å². The summed E-state index contributed by atoms with van der Waals surface area (Å²) < 4.78 is 24.3. The van der Waals surface area contributed by atoms with E-state index in [0.29, 0.717) is 31.1 Å². The molecule has 1 aromatic carbocycles. The van der Waals surface area contributed by atoms with Gasteiger partial charge < -0.3 is 14.4 Å². The van der Waals surface area contributed by atoms with Crippen molar-refractivity contribution in [3.05, 3.63) is 23.3 Å². The molecule has 3 aliphatic rings. The molecule has 4 rings (SSSR count). The largest absolute Gasteiger partial charge is 0.496 e. The summed E-state index contributed by atoms with van der Waals surface area (Å²) in [6.07, 6.45) is 1.95. The maximum Gasteiger partial charge on any atom is 0.322 e. The number of nitrogens with one attached hydrogen (secondary N) is 1. The molecule has 3 aliphatic heterocycles. The van der Waals surface area contributed by atoms with Crippen molar-refractivity contribution in [1.82, 2.24) is 10.2 Å². The number of aliphatic imine (C=N–C) groups is 1. The molecule has 2 saturated heterocycles. The molecule has 2 amide bonds. The number of nitrogens with zero attached hydrogens (tertiary/aromatic N) is 2. The Morgan fingerprint density at radius 2 is 2.15 bits per heavy atom. The molecule has 0 saturated carbocycles. The Kier molecular flexibility index (Phi) is 4.80. The Balaban J connectivity index is 1.55. The van der Waals surface area contributed by atoms with Crippen LogP contribution in [0.15, 0.2) is 17.1 Å². The SMILES string of the molecule is COc1ccc(C2CCOCC2)c2c1CC(NC(=O)N1CC[C@H](F)C1)=N2. The van der Waals surface area contributed by atoms with Gasteiger partial charge in [-0.25, -0.2) is 14.2 Å². The number of urea groups is 1. The fourth-order valence-electron chi connectivity index (χ4n) is 3.99. The van der Waals surface area contributed by atoms with E-state index in [0.717, 1.165) is 43.1 Å². The predicted molar refractivity (Wildman–Crippen MR) is 96.2 cm³/mol. The zero-order chi connectivity index (χ0) is 18.1. The second-order valence-electron chi connectivity index (χ2n) is 7.07. The summed E-state index contributed by atoms with van der Waals surface area (Å²) in [5.74, 6) is 1.80. The van der Waals surface area contributed by atoms with Crippen molar-refractivity contribution in [3.63, 3.8) is 0 Å². The van der Waals surface area contributed by atoms with Crippen molar-refractivity contribution < 1.29 is 18.7 Å². The molecule has 1 aromatic rings. The standard InChI is InChI=1S/C19H24FN3O3/c1-25-16-3-2-14(12-5-8-26-9-6-12)18-15(16)10-17(21-18)22-19(24)23-7-4-13(20)11-23/h2-3,12-13H,4-11H2,1H3,(H,21,22,24)/t13-/m0/s1. The van der Waals surface area contributed by atoms with Crippen LogP contribution in [0.25, 0.3) is 0 Å². The Hall–Kier alpha value is -2.15. The van der Waals surface area contributed by atoms with Crippen LogP contribution in [0.4, 0.5) is 14.9 Å². The van der Waals surface area contributed by atoms with Crippen LogP contribution in [-0.2, 0) is 11.2 Å². The molecule has 0 spiro atoms. The molecule has 7 heteroatoms. The Bertz CT molecular complexity index is 731. The van der Waals surface area contributed by atoms with Gasteiger partial charge in [0.1, 0.15) is 17.8 Å². The first-order valence-corrected chi connectivity index (χ1v) is 9.20. The molecule has 1 N–H and O–H groups in total. The molecule has 140 valence electrons. The molecule has 1 atom stereocenters. The third kappa shape index (κ3) is 3.28. The summed E-state index contributed by atoms with van der Waals surface area (Å²) in [5.41, 5.74) is 3.12. The minimum atomic E-state index is -0.927. The molecule has 0 radical (unpaired) electrons. The summed E-state index contributed by atoms with van der Waals surface area (Å²) in [5, 5.41) is 2.86. The van der Waals surface area contributed by atoms with Crippen molar-refractivity contribution in [2.75, 3.05) is 33.4 Å². The zero-order valence-electron chi connectivity index (χ0n) is 15.0. The van der Waals surface area contributed by atoms with Crippen molar-refractivity contribution in [2.24, 2.45) is 4.99 Å². The minimum Gasteiger partial charge on any atom is -0.496 e. The normalized spacial score (nSPS) is 22.9. The van der Waals surface area contributed by atoms with Gasteiger partial charge >= 0.3 is 6.03 Å². The zero-order valence-corrected chi connectivity index (χ0v) is 15.0. The van der Waals surface area contributed by atoms with Gasteiger partial charge in [0.15, 0.2) is 0 Å². The van der Waals surface area contributed by atoms with E-state index in [1.807, 2.05) is 6.07 Å². The predicted octanol–water partition coefficient (Wildman–Crippen LogP) is 2.93. The summed E-state index contributed by atoms with van der Waals surface area (Å²) in [6.45, 7) is 2.13. The highest BCUT2D eigenvalue weighted by Gasteiger charge is 2.30. The Morgan fingerprint density at radius 3 is 2.85 bits per heavy atom. The second-order valence-corrected chi connectivity index (χ2v) is 7.07. The van der Waals surface area contributed by atoms with Gasteiger partial charge in [-0.3, -0.25) is 5.32 Å². The lowest BCUT2D eigenvalue weighted by atomic mass is 9.89. The molecular formula is C19H24FN3O3. The number of rotatable bonds is 2. The van der Waals surface area contributed by atoms with E-state index < -0.39 is 6.17 Å². The van der Waals surface area contributed by atoms with Crippen LogP contribution >= 0.6 is 0 Å². The van der Waals surface area contributed by atoms with Gasteiger partial charge in [-0.05, 0) is 36.8 Å². The molecule has 2 fully saturated rings. The number of methoxy groups -OCH3 is 1. The molecular weight excluding hydrogens is 337 g/mol. The number of hydrogen-bond donors (Lipinski definition) is 1. The molecule has 3 heterocycles. The minimum absolute atomic E-state index is 0.155. The maximum absolute atomic E-state index is 13.3. The number of carbonyl (C=O) groups is 1. The molecule has 0 aliphatic carbocycles. The summed E-state index contributed by atoms with van der Waals surface area (Å²) >= 11 is 0. The van der Waals surface area contributed by atoms with Gasteiger partial charge in [0.2, 0.25) is 0 Å². The quantitative estimate of drug-likeness (QED) is 0.881. The smallest absolute Gasteiger partial charge is 0.322 e. The van der Waals surface area contributed by atoms with Crippen LogP contribution in [0.5, 0.6) is 5.75 Å². The lowest BCUT2D eigenvalue weighted by Gasteiger charge is -2.24. The lowest BCUT2D eigenvalue weighted by molar-refractivity contribution is 0.0854. The third-order valence-electron chi connectivity index (χ3n) is 5.41. The number of amidine groups is 1. The number of likely N-dealkylation sites (tertiary alicyclic amines) is 1. The van der Waals surface area contributed by atoms with Crippen LogP contribution in [0.2, 0.25) is 0 Å². The lowest BCUT2D eigenvalue weighted by Crippen LogP contribution is -2.41. The second kappa shape index (κ2) is 7.23. The molecule has 0 aromatic heterocycles. The van der Waals surface area contributed by atoms with Crippen LogP contribution < -0.4 is 10.1 Å². The van der Waals surface area contributed by atoms with Crippen molar-refractivity contribution in [3.8, 4) is 5.75 Å². The van der Waals surface area contributed by atoms with E-state index in [9.17, 15) is 9.18 Å². The number of alkyl halides is 1. The van der Waals surface area contributed by atoms with Gasteiger partial charge in [-0.15, -0.1) is 0 Å². The molecule has 0 unspecified atom stereocenters. The van der Waals surface area contributed by atoms with Gasteiger partial charge in [-0.1, -0.05) is 6.07 Å². The first-order valence-electron chi connectivity index (χ1n) is 9.20. The fourth-order valence-corrected chi connectivity index (χ4v) is 3.99. The van der Waals surface area contributed by atoms with E-state index in [1.165, 1.54) is 10.5 Å². The summed E-state index contributed by atoms with van der Waals surface area (Å²) in [7, 11) is 1.64. The monoisotopic (exact) mass is 361 g/mol. The number of fused-ring (bicyclic) bond motifs is 1. The highest BCUT2D eigenvalue weighted by Crippen LogP contribution is 2.42. The highest BCUT2D eigenvalue weighted by molar-refractivity contribution is 6.03. The van der Waals surface area contributed by atoms with Crippen LogP contribution in [0.3, 0.4) is 0 Å². The molecule has 26 heavy (non-hydrogen) atoms. The van der Waals surface area contributed by atoms with Gasteiger partial charge in [0.05, 0.1) is 19.3 Å². The summed E-state index contributed by atoms with van der Waals surface area (Å²) in [4.78, 5) is 18.6. The Morgan fingerprint density at radius 1 is 1.35 bits per heavy atom. The van der Waals surface area contributed by atoms with Crippen molar-refractivity contribution in [2.45, 2.75) is 37.8 Å². The van der Waals surface area contributed by atoms with Crippen molar-refractivity contribution >= 4 is 17.6 Å². The fraction of sp³-hybridized carbons (Fsp3) is 0.579. The first kappa shape index (κ1) is 17.3. The van der Waals surface area contributed by atoms with Crippen molar-refractivity contribution in [1.29, 1.82) is 0 Å². The highest BCUT2D eigenvalue weighted by atomic mass is 19.1. The van der Waals surface area contributed by atoms with Gasteiger partial charge in [0, 0.05) is 31.7 Å². The molecule has 0 bridgehead atoms. The number of halogens is 1. The van der Waals surface area contributed by atoms with E-state index >= 15 is 0 Å². The van der Waals surface area contributed by atoms with Gasteiger partial charge in [0.25, 0.3) is 0 Å². The number of ether oxygens (including phenoxy) is 2. The topological polar surface area (TPSA) is 63.2 Å². The average molecular weight is 361 g/mol. The van der Waals surface area contributed by atoms with E-state index in [4.69, 9.17) is 14.5 Å². The average Bonchev–Trinajstić information content (AvgIpc) is 3.27. The van der Waals surface area contributed by atoms with Crippen LogP contribution in [0.1, 0.15) is 36.3 Å². The van der Waals surface area contributed by atoms with Crippen LogP contribution in [0, 0.1) is 0 Å².